The summed E-state index contributed by atoms with van der Waals surface area (Å²) in [5.74, 6) is 1.12. The van der Waals surface area contributed by atoms with E-state index in [9.17, 15) is 4.79 Å². The number of nitrogens with one attached hydrogen (secondary N) is 2. The Morgan fingerprint density at radius 2 is 2.04 bits per heavy atom. The second-order valence-corrected chi connectivity index (χ2v) is 6.47. The number of carbonyl (C=O) groups is 1. The highest BCUT2D eigenvalue weighted by Crippen LogP contribution is 2.23. The average Bonchev–Trinajstić information content (AvgIpc) is 2.64. The van der Waals surface area contributed by atoms with Crippen LogP contribution in [0.1, 0.15) is 18.5 Å². The number of ether oxygens (including phenoxy) is 1. The van der Waals surface area contributed by atoms with E-state index in [1.54, 1.807) is 30.7 Å². The summed E-state index contributed by atoms with van der Waals surface area (Å²) in [6.45, 7) is 1.89. The quantitative estimate of drug-likeness (QED) is 0.623. The number of urea groups is 1. The highest BCUT2D eigenvalue weighted by molar-refractivity contribution is 9.10. The third-order valence-electron chi connectivity index (χ3n) is 3.54. The first kappa shape index (κ1) is 17.9. The fourth-order valence-electron chi connectivity index (χ4n) is 2.25. The Morgan fingerprint density at radius 3 is 2.73 bits per heavy atom. The second kappa shape index (κ2) is 8.44. The normalized spacial score (nSPS) is 11.5. The van der Waals surface area contributed by atoms with Crippen LogP contribution < -0.4 is 15.4 Å². The van der Waals surface area contributed by atoms with E-state index in [0.29, 0.717) is 17.3 Å². The average molecular weight is 413 g/mol. The largest absolute Gasteiger partial charge is 0.439 e. The summed E-state index contributed by atoms with van der Waals surface area (Å²) in [7, 11) is 0. The van der Waals surface area contributed by atoms with Crippen molar-refractivity contribution in [3.63, 3.8) is 0 Å². The van der Waals surface area contributed by atoms with Gasteiger partial charge in [0, 0.05) is 22.9 Å². The second-order valence-electron chi connectivity index (χ2n) is 5.55. The summed E-state index contributed by atoms with van der Waals surface area (Å²) >= 11 is 3.39. The maximum atomic E-state index is 12.1. The van der Waals surface area contributed by atoms with Crippen molar-refractivity contribution in [2.75, 3.05) is 5.32 Å². The molecule has 2 aromatic heterocycles. The van der Waals surface area contributed by atoms with E-state index in [1.807, 2.05) is 43.3 Å². The number of anilines is 1. The maximum absolute atomic E-state index is 12.1. The fourth-order valence-corrected chi connectivity index (χ4v) is 2.62. The SMILES string of the molecule is CC(NC(=O)Nc1ccc(Oc2cccc(Br)c2)nc1)c1cccnc1. The molecule has 0 saturated carbocycles. The molecule has 0 radical (unpaired) electrons. The Labute approximate surface area is 159 Å². The topological polar surface area (TPSA) is 76.1 Å². The number of halogens is 1. The molecule has 0 spiro atoms. The van der Waals surface area contributed by atoms with Gasteiger partial charge >= 0.3 is 6.03 Å². The van der Waals surface area contributed by atoms with Crippen LogP contribution in [-0.4, -0.2) is 16.0 Å². The highest BCUT2D eigenvalue weighted by Gasteiger charge is 2.10. The van der Waals surface area contributed by atoms with Crippen LogP contribution >= 0.6 is 15.9 Å². The smallest absolute Gasteiger partial charge is 0.319 e. The molecule has 0 aliphatic heterocycles. The van der Waals surface area contributed by atoms with Crippen LogP contribution in [0.25, 0.3) is 0 Å². The van der Waals surface area contributed by atoms with Crippen molar-refractivity contribution in [3.8, 4) is 11.6 Å². The molecular formula is C19H17BrN4O2. The number of hydrogen-bond acceptors (Lipinski definition) is 4. The first-order valence-corrected chi connectivity index (χ1v) is 8.76. The molecule has 3 rings (SSSR count). The molecule has 132 valence electrons. The molecular weight excluding hydrogens is 396 g/mol. The molecule has 26 heavy (non-hydrogen) atoms. The number of amides is 2. The number of carbonyl (C=O) groups excluding carboxylic acids is 1. The van der Waals surface area contributed by atoms with Crippen molar-refractivity contribution in [3.05, 3.63) is 77.2 Å². The number of hydrogen-bond donors (Lipinski definition) is 2. The lowest BCUT2D eigenvalue weighted by Crippen LogP contribution is -2.31. The van der Waals surface area contributed by atoms with E-state index in [-0.39, 0.29) is 12.1 Å². The zero-order chi connectivity index (χ0) is 18.4. The Morgan fingerprint density at radius 1 is 1.15 bits per heavy atom. The molecule has 1 aromatic carbocycles. The van der Waals surface area contributed by atoms with Gasteiger partial charge in [-0.2, -0.15) is 0 Å². The number of nitrogens with zero attached hydrogens (tertiary/aromatic N) is 2. The molecule has 2 heterocycles. The summed E-state index contributed by atoms with van der Waals surface area (Å²) in [5, 5.41) is 5.60. The minimum absolute atomic E-state index is 0.157. The third kappa shape index (κ3) is 5.03. The van der Waals surface area contributed by atoms with Gasteiger partial charge in [-0.05, 0) is 42.8 Å². The standard InChI is InChI=1S/C19H17BrN4O2/c1-13(14-4-3-9-21-11-14)23-19(25)24-16-7-8-18(22-12-16)26-17-6-2-5-15(20)10-17/h2-13H,1H3,(H2,23,24,25). The molecule has 6 nitrogen and oxygen atoms in total. The molecule has 0 bridgehead atoms. The molecule has 1 unspecified atom stereocenters. The lowest BCUT2D eigenvalue weighted by Gasteiger charge is -2.14. The zero-order valence-electron chi connectivity index (χ0n) is 14.0. The van der Waals surface area contributed by atoms with Crippen LogP contribution in [0.2, 0.25) is 0 Å². The van der Waals surface area contributed by atoms with Crippen molar-refractivity contribution in [2.45, 2.75) is 13.0 Å². The number of aromatic nitrogens is 2. The summed E-state index contributed by atoms with van der Waals surface area (Å²) in [5.41, 5.74) is 1.50. The van der Waals surface area contributed by atoms with E-state index < -0.39 is 0 Å². The van der Waals surface area contributed by atoms with Crippen molar-refractivity contribution in [2.24, 2.45) is 0 Å². The molecule has 0 fully saturated rings. The van der Waals surface area contributed by atoms with E-state index in [4.69, 9.17) is 4.74 Å². The van der Waals surface area contributed by atoms with Crippen molar-refractivity contribution in [1.29, 1.82) is 0 Å². The van der Waals surface area contributed by atoms with Gasteiger partial charge in [-0.3, -0.25) is 4.98 Å². The highest BCUT2D eigenvalue weighted by atomic mass is 79.9. The molecule has 3 aromatic rings. The van der Waals surface area contributed by atoms with Gasteiger partial charge in [-0.25, -0.2) is 9.78 Å². The Kier molecular flexibility index (Phi) is 5.80. The summed E-state index contributed by atoms with van der Waals surface area (Å²) in [6, 6.07) is 14.2. The molecule has 0 aliphatic rings. The lowest BCUT2D eigenvalue weighted by molar-refractivity contribution is 0.249. The van der Waals surface area contributed by atoms with Crippen LogP contribution in [0.3, 0.4) is 0 Å². The van der Waals surface area contributed by atoms with Crippen LogP contribution in [0, 0.1) is 0 Å². The summed E-state index contributed by atoms with van der Waals surface area (Å²) in [6.07, 6.45) is 4.96. The van der Waals surface area contributed by atoms with Gasteiger partial charge in [0.2, 0.25) is 5.88 Å². The number of pyridine rings is 2. The number of benzene rings is 1. The van der Waals surface area contributed by atoms with Crippen LogP contribution in [-0.2, 0) is 0 Å². The predicted molar refractivity (Wildman–Crippen MR) is 103 cm³/mol. The van der Waals surface area contributed by atoms with E-state index in [2.05, 4.69) is 36.5 Å². The fraction of sp³-hybridized carbons (Fsp3) is 0.105. The Bertz CT molecular complexity index is 872. The summed E-state index contributed by atoms with van der Waals surface area (Å²) < 4.78 is 6.59. The molecule has 7 heteroatoms. The molecule has 0 saturated heterocycles. The van der Waals surface area contributed by atoms with Crippen LogP contribution in [0.5, 0.6) is 11.6 Å². The zero-order valence-corrected chi connectivity index (χ0v) is 15.6. The third-order valence-corrected chi connectivity index (χ3v) is 4.04. The molecule has 1 atom stereocenters. The van der Waals surface area contributed by atoms with Gasteiger partial charge < -0.3 is 15.4 Å². The van der Waals surface area contributed by atoms with Gasteiger partial charge in [-0.15, -0.1) is 0 Å². The van der Waals surface area contributed by atoms with Gasteiger partial charge in [0.1, 0.15) is 5.75 Å². The van der Waals surface area contributed by atoms with Gasteiger partial charge in [-0.1, -0.05) is 28.1 Å². The van der Waals surface area contributed by atoms with E-state index in [1.165, 1.54) is 0 Å². The Hall–Kier alpha value is -2.93. The van der Waals surface area contributed by atoms with Gasteiger partial charge in [0.25, 0.3) is 0 Å². The van der Waals surface area contributed by atoms with Crippen molar-refractivity contribution >= 4 is 27.6 Å². The lowest BCUT2D eigenvalue weighted by atomic mass is 10.1. The Balaban J connectivity index is 1.56. The minimum atomic E-state index is -0.316. The van der Waals surface area contributed by atoms with Gasteiger partial charge in [0.15, 0.2) is 0 Å². The minimum Gasteiger partial charge on any atom is -0.439 e. The van der Waals surface area contributed by atoms with E-state index >= 15 is 0 Å². The van der Waals surface area contributed by atoms with Gasteiger partial charge in [0.05, 0.1) is 17.9 Å². The maximum Gasteiger partial charge on any atom is 0.319 e. The van der Waals surface area contributed by atoms with Crippen LogP contribution in [0.4, 0.5) is 10.5 Å². The predicted octanol–water partition coefficient (Wildman–Crippen LogP) is 4.91. The van der Waals surface area contributed by atoms with Crippen molar-refractivity contribution in [1.82, 2.24) is 15.3 Å². The monoisotopic (exact) mass is 412 g/mol. The number of rotatable bonds is 5. The van der Waals surface area contributed by atoms with Crippen molar-refractivity contribution < 1.29 is 9.53 Å². The van der Waals surface area contributed by atoms with E-state index in [0.717, 1.165) is 10.0 Å². The molecule has 2 N–H and O–H groups in total. The molecule has 0 aliphatic carbocycles. The first-order chi connectivity index (χ1) is 12.6. The van der Waals surface area contributed by atoms with Crippen LogP contribution in [0.15, 0.2) is 71.6 Å². The first-order valence-electron chi connectivity index (χ1n) is 7.97. The molecule has 2 amide bonds. The summed E-state index contributed by atoms with van der Waals surface area (Å²) in [4.78, 5) is 20.4.